The van der Waals surface area contributed by atoms with Gasteiger partial charge in [-0.1, -0.05) is 256 Å². The minimum absolute atomic E-state index is 0.0388. The van der Waals surface area contributed by atoms with Gasteiger partial charge in [-0.2, -0.15) is 0 Å². The minimum Gasteiger partial charge on any atom is -0.466 e. The summed E-state index contributed by atoms with van der Waals surface area (Å²) >= 11 is 0. The molecule has 1 amide bonds. The average molecular weight is 931 g/mol. The van der Waals surface area contributed by atoms with Gasteiger partial charge in [-0.25, -0.2) is 0 Å². The summed E-state index contributed by atoms with van der Waals surface area (Å²) in [7, 11) is 0. The van der Waals surface area contributed by atoms with E-state index in [0.29, 0.717) is 25.9 Å². The van der Waals surface area contributed by atoms with E-state index in [9.17, 15) is 19.8 Å². The Balaban J connectivity index is 3.49. The van der Waals surface area contributed by atoms with Crippen molar-refractivity contribution in [2.75, 3.05) is 13.2 Å². The molecule has 0 fully saturated rings. The van der Waals surface area contributed by atoms with Crippen LogP contribution in [0.15, 0.2) is 24.3 Å². The van der Waals surface area contributed by atoms with Crippen LogP contribution in [0.3, 0.4) is 0 Å². The molecular formula is C60H115NO5. The number of unbranched alkanes of at least 4 members (excludes halogenated alkanes) is 40. The van der Waals surface area contributed by atoms with Gasteiger partial charge in [-0.3, -0.25) is 9.59 Å². The van der Waals surface area contributed by atoms with E-state index < -0.39 is 12.1 Å². The number of esters is 1. The first-order valence-corrected chi connectivity index (χ1v) is 29.6. The first kappa shape index (κ1) is 64.3. The van der Waals surface area contributed by atoms with Gasteiger partial charge in [0.2, 0.25) is 5.91 Å². The second-order valence-electron chi connectivity index (χ2n) is 20.3. The van der Waals surface area contributed by atoms with Crippen molar-refractivity contribution >= 4 is 11.9 Å². The Morgan fingerprint density at radius 3 is 1.08 bits per heavy atom. The zero-order valence-electron chi connectivity index (χ0n) is 44.4. The summed E-state index contributed by atoms with van der Waals surface area (Å²) in [6.45, 7) is 4.88. The first-order valence-electron chi connectivity index (χ1n) is 29.6. The maximum absolute atomic E-state index is 12.5. The Morgan fingerprint density at radius 1 is 0.409 bits per heavy atom. The number of aliphatic hydroxyl groups excluding tert-OH is 2. The third-order valence-corrected chi connectivity index (χ3v) is 13.7. The lowest BCUT2D eigenvalue weighted by Crippen LogP contribution is -2.45. The van der Waals surface area contributed by atoms with Crippen LogP contribution in [-0.4, -0.2) is 47.4 Å². The Morgan fingerprint density at radius 2 is 0.712 bits per heavy atom. The van der Waals surface area contributed by atoms with Crippen molar-refractivity contribution in [1.82, 2.24) is 5.32 Å². The summed E-state index contributed by atoms with van der Waals surface area (Å²) < 4.78 is 5.44. The summed E-state index contributed by atoms with van der Waals surface area (Å²) in [6, 6.07) is -0.564. The fraction of sp³-hybridized carbons (Fsp3) is 0.900. The molecule has 0 aromatic rings. The van der Waals surface area contributed by atoms with Crippen LogP contribution in [0.1, 0.15) is 322 Å². The Bertz CT molecular complexity index is 1030. The number of amides is 1. The summed E-state index contributed by atoms with van der Waals surface area (Å²) in [5.74, 6) is -0.100. The van der Waals surface area contributed by atoms with Crippen molar-refractivity contribution in [3.63, 3.8) is 0 Å². The van der Waals surface area contributed by atoms with Crippen molar-refractivity contribution in [2.45, 2.75) is 334 Å². The molecule has 0 bridgehead atoms. The monoisotopic (exact) mass is 930 g/mol. The zero-order chi connectivity index (χ0) is 47.9. The van der Waals surface area contributed by atoms with Gasteiger partial charge in [-0.05, 0) is 77.0 Å². The van der Waals surface area contributed by atoms with Crippen molar-refractivity contribution < 1.29 is 24.5 Å². The van der Waals surface area contributed by atoms with Crippen molar-refractivity contribution in [2.24, 2.45) is 0 Å². The molecule has 6 heteroatoms. The highest BCUT2D eigenvalue weighted by Gasteiger charge is 2.20. The van der Waals surface area contributed by atoms with E-state index in [1.807, 2.05) is 0 Å². The molecule has 3 N–H and O–H groups in total. The van der Waals surface area contributed by atoms with Gasteiger partial charge in [0.05, 0.1) is 25.4 Å². The molecule has 0 saturated carbocycles. The number of allylic oxidation sites excluding steroid dienone is 4. The molecule has 0 aliphatic carbocycles. The second-order valence-corrected chi connectivity index (χ2v) is 20.3. The van der Waals surface area contributed by atoms with Crippen LogP contribution >= 0.6 is 0 Å². The number of carbonyl (C=O) groups is 2. The Labute approximate surface area is 411 Å². The SMILES string of the molecule is CCCCCCC/C=C\CCCCCCCC(=O)OCCCC/C=C\CCCCCCCC(=O)NC(CO)C(O)CCCCCCCCCCCCCCCCCCCCCCCCCC. The molecule has 0 aliphatic rings. The van der Waals surface area contributed by atoms with Crippen molar-refractivity contribution in [1.29, 1.82) is 0 Å². The maximum atomic E-state index is 12.5. The van der Waals surface area contributed by atoms with Gasteiger partial charge >= 0.3 is 5.97 Å². The van der Waals surface area contributed by atoms with Crippen LogP contribution < -0.4 is 5.32 Å². The first-order chi connectivity index (χ1) is 32.5. The molecule has 0 rings (SSSR count). The minimum atomic E-state index is -0.684. The predicted molar refractivity (Wildman–Crippen MR) is 287 cm³/mol. The van der Waals surface area contributed by atoms with Gasteiger partial charge < -0.3 is 20.3 Å². The lowest BCUT2D eigenvalue weighted by molar-refractivity contribution is -0.143. The van der Waals surface area contributed by atoms with Crippen LogP contribution in [0.5, 0.6) is 0 Å². The van der Waals surface area contributed by atoms with E-state index in [1.165, 1.54) is 205 Å². The van der Waals surface area contributed by atoms with Crippen LogP contribution in [0, 0.1) is 0 Å². The number of aliphatic hydroxyl groups is 2. The van der Waals surface area contributed by atoms with Crippen molar-refractivity contribution in [3.05, 3.63) is 24.3 Å². The smallest absolute Gasteiger partial charge is 0.305 e. The highest BCUT2D eigenvalue weighted by molar-refractivity contribution is 5.76. The molecule has 0 heterocycles. The molecule has 0 saturated heterocycles. The molecule has 0 aromatic carbocycles. The van der Waals surface area contributed by atoms with E-state index >= 15 is 0 Å². The van der Waals surface area contributed by atoms with Gasteiger partial charge in [0.1, 0.15) is 0 Å². The Kier molecular flexibility index (Phi) is 54.5. The summed E-state index contributed by atoms with van der Waals surface area (Å²) in [5.41, 5.74) is 0. The third kappa shape index (κ3) is 51.7. The fourth-order valence-corrected chi connectivity index (χ4v) is 9.16. The molecule has 2 unspecified atom stereocenters. The standard InChI is InChI=1S/C60H115NO5/c1-3-5-7-9-11-13-15-17-19-20-21-22-23-24-25-26-27-28-29-32-36-40-44-48-52-58(63)57(56-62)61-59(64)53-49-45-41-37-33-31-35-39-43-47-51-55-66-60(65)54-50-46-42-38-34-30-18-16-14-12-10-8-6-4-2/h16,18,35,39,57-58,62-63H,3-15,17,19-34,36-38,40-56H2,1-2H3,(H,61,64)/b18-16-,39-35-. The predicted octanol–water partition coefficient (Wildman–Crippen LogP) is 18.2. The molecular weight excluding hydrogens is 815 g/mol. The molecule has 0 aromatic heterocycles. The van der Waals surface area contributed by atoms with Gasteiger partial charge in [0, 0.05) is 12.8 Å². The molecule has 2 atom stereocenters. The highest BCUT2D eigenvalue weighted by Crippen LogP contribution is 2.17. The normalized spacial score (nSPS) is 12.7. The van der Waals surface area contributed by atoms with E-state index in [4.69, 9.17) is 4.74 Å². The summed E-state index contributed by atoms with van der Waals surface area (Å²) in [6.07, 6.45) is 67.5. The largest absolute Gasteiger partial charge is 0.466 e. The lowest BCUT2D eigenvalue weighted by atomic mass is 10.0. The number of rotatable bonds is 55. The molecule has 6 nitrogen and oxygen atoms in total. The lowest BCUT2D eigenvalue weighted by Gasteiger charge is -2.22. The molecule has 0 radical (unpaired) electrons. The van der Waals surface area contributed by atoms with Gasteiger partial charge in [0.25, 0.3) is 0 Å². The number of nitrogens with one attached hydrogen (secondary N) is 1. The van der Waals surface area contributed by atoms with Crippen LogP contribution in [0.2, 0.25) is 0 Å². The summed E-state index contributed by atoms with van der Waals surface area (Å²) in [5, 5.41) is 23.3. The van der Waals surface area contributed by atoms with Gasteiger partial charge in [-0.15, -0.1) is 0 Å². The molecule has 66 heavy (non-hydrogen) atoms. The van der Waals surface area contributed by atoms with Crippen molar-refractivity contribution in [3.8, 4) is 0 Å². The van der Waals surface area contributed by atoms with E-state index in [2.05, 4.69) is 43.5 Å². The van der Waals surface area contributed by atoms with Crippen LogP contribution in [0.4, 0.5) is 0 Å². The molecule has 0 aliphatic heterocycles. The highest BCUT2D eigenvalue weighted by atomic mass is 16.5. The maximum Gasteiger partial charge on any atom is 0.305 e. The second kappa shape index (κ2) is 55.9. The average Bonchev–Trinajstić information content (AvgIpc) is 3.32. The van der Waals surface area contributed by atoms with Crippen LogP contribution in [-0.2, 0) is 14.3 Å². The third-order valence-electron chi connectivity index (χ3n) is 13.7. The Hall–Kier alpha value is -1.66. The topological polar surface area (TPSA) is 95.9 Å². The summed E-state index contributed by atoms with van der Waals surface area (Å²) in [4.78, 5) is 24.5. The quantitative estimate of drug-likeness (QED) is 0.0321. The van der Waals surface area contributed by atoms with E-state index in [-0.39, 0.29) is 18.5 Å². The molecule has 390 valence electrons. The van der Waals surface area contributed by atoms with E-state index in [1.54, 1.807) is 0 Å². The number of carbonyl (C=O) groups excluding carboxylic acids is 2. The zero-order valence-corrected chi connectivity index (χ0v) is 44.4. The van der Waals surface area contributed by atoms with Crippen LogP contribution in [0.25, 0.3) is 0 Å². The van der Waals surface area contributed by atoms with E-state index in [0.717, 1.165) is 83.5 Å². The fourth-order valence-electron chi connectivity index (χ4n) is 9.16. The molecule has 0 spiro atoms. The number of ether oxygens (including phenoxy) is 1. The number of hydrogen-bond donors (Lipinski definition) is 3. The van der Waals surface area contributed by atoms with Gasteiger partial charge in [0.15, 0.2) is 0 Å². The number of hydrogen-bond acceptors (Lipinski definition) is 5.